The predicted octanol–water partition coefficient (Wildman–Crippen LogP) is 1.00. The number of hydrogen-bond acceptors (Lipinski definition) is 4. The fraction of sp³-hybridized carbons (Fsp3) is 0.867. The van der Waals surface area contributed by atoms with Crippen LogP contribution < -0.4 is 5.32 Å². The standard InChI is InChI=1S/C15H26N2O4/c1-2-6-15(14(19)20)7-4-8-17(15)11-13(18)16-10-12-5-3-9-21-12/h12H,2-11H2,1H3,(H,16,18)(H,19,20). The lowest BCUT2D eigenvalue weighted by molar-refractivity contribution is -0.151. The molecule has 2 heterocycles. The maximum Gasteiger partial charge on any atom is 0.324 e. The Morgan fingerprint density at radius 1 is 1.43 bits per heavy atom. The van der Waals surface area contributed by atoms with Crippen LogP contribution in [0.4, 0.5) is 0 Å². The normalized spacial score (nSPS) is 29.7. The Morgan fingerprint density at radius 2 is 2.24 bits per heavy atom. The van der Waals surface area contributed by atoms with Crippen molar-refractivity contribution in [2.75, 3.05) is 26.2 Å². The van der Waals surface area contributed by atoms with E-state index >= 15 is 0 Å². The Kier molecular flexibility index (Phi) is 5.58. The van der Waals surface area contributed by atoms with Crippen molar-refractivity contribution in [2.45, 2.75) is 57.1 Å². The van der Waals surface area contributed by atoms with Gasteiger partial charge in [-0.05, 0) is 38.6 Å². The molecule has 0 aromatic rings. The summed E-state index contributed by atoms with van der Waals surface area (Å²) >= 11 is 0. The average molecular weight is 298 g/mol. The van der Waals surface area contributed by atoms with Crippen LogP contribution in [0, 0.1) is 0 Å². The van der Waals surface area contributed by atoms with E-state index in [0.717, 1.165) is 32.3 Å². The van der Waals surface area contributed by atoms with Crippen LogP contribution in [-0.2, 0) is 14.3 Å². The fourth-order valence-electron chi connectivity index (χ4n) is 3.47. The number of nitrogens with zero attached hydrogens (tertiary/aromatic N) is 1. The zero-order chi connectivity index (χ0) is 15.3. The zero-order valence-corrected chi connectivity index (χ0v) is 12.8. The van der Waals surface area contributed by atoms with E-state index in [9.17, 15) is 14.7 Å². The van der Waals surface area contributed by atoms with Crippen molar-refractivity contribution in [3.63, 3.8) is 0 Å². The van der Waals surface area contributed by atoms with Crippen LogP contribution in [0.2, 0.25) is 0 Å². The molecule has 2 unspecified atom stereocenters. The number of carboxylic acid groups (broad SMARTS) is 1. The summed E-state index contributed by atoms with van der Waals surface area (Å²) in [4.78, 5) is 25.6. The molecule has 2 fully saturated rings. The molecule has 120 valence electrons. The van der Waals surface area contributed by atoms with Crippen LogP contribution in [0.5, 0.6) is 0 Å². The summed E-state index contributed by atoms with van der Waals surface area (Å²) in [6, 6.07) is 0. The molecule has 0 radical (unpaired) electrons. The number of amides is 1. The van der Waals surface area contributed by atoms with Gasteiger partial charge in [0.05, 0.1) is 12.6 Å². The van der Waals surface area contributed by atoms with E-state index in [0.29, 0.717) is 25.9 Å². The van der Waals surface area contributed by atoms with Crippen LogP contribution in [0.15, 0.2) is 0 Å². The van der Waals surface area contributed by atoms with Gasteiger partial charge in [-0.25, -0.2) is 0 Å². The summed E-state index contributed by atoms with van der Waals surface area (Å²) in [5.41, 5.74) is -0.851. The van der Waals surface area contributed by atoms with Crippen molar-refractivity contribution >= 4 is 11.9 Å². The number of likely N-dealkylation sites (tertiary alicyclic amines) is 1. The summed E-state index contributed by atoms with van der Waals surface area (Å²) in [5.74, 6) is -0.900. The maximum atomic E-state index is 12.1. The first kappa shape index (κ1) is 16.2. The largest absolute Gasteiger partial charge is 0.480 e. The van der Waals surface area contributed by atoms with E-state index in [-0.39, 0.29) is 18.6 Å². The highest BCUT2D eigenvalue weighted by atomic mass is 16.5. The van der Waals surface area contributed by atoms with E-state index in [1.54, 1.807) is 0 Å². The minimum Gasteiger partial charge on any atom is -0.480 e. The summed E-state index contributed by atoms with van der Waals surface area (Å²) in [7, 11) is 0. The average Bonchev–Trinajstić information content (AvgIpc) is 3.08. The molecule has 21 heavy (non-hydrogen) atoms. The highest BCUT2D eigenvalue weighted by molar-refractivity contribution is 5.82. The Hall–Kier alpha value is -1.14. The highest BCUT2D eigenvalue weighted by Gasteiger charge is 2.47. The third kappa shape index (κ3) is 3.74. The molecular weight excluding hydrogens is 272 g/mol. The van der Waals surface area contributed by atoms with Gasteiger partial charge in [-0.3, -0.25) is 14.5 Å². The molecule has 6 heteroatoms. The number of aliphatic carboxylic acids is 1. The van der Waals surface area contributed by atoms with E-state index in [4.69, 9.17) is 4.74 Å². The molecule has 0 spiro atoms. The smallest absolute Gasteiger partial charge is 0.324 e. The monoisotopic (exact) mass is 298 g/mol. The van der Waals surface area contributed by atoms with Crippen molar-refractivity contribution in [3.8, 4) is 0 Å². The summed E-state index contributed by atoms with van der Waals surface area (Å²) in [6.45, 7) is 4.13. The van der Waals surface area contributed by atoms with E-state index < -0.39 is 11.5 Å². The molecule has 2 aliphatic rings. The predicted molar refractivity (Wildman–Crippen MR) is 78.1 cm³/mol. The van der Waals surface area contributed by atoms with Crippen LogP contribution in [0.25, 0.3) is 0 Å². The molecule has 0 saturated carbocycles. The second-order valence-electron chi connectivity index (χ2n) is 6.05. The SMILES string of the molecule is CCCC1(C(=O)O)CCCN1CC(=O)NCC1CCCO1. The first-order chi connectivity index (χ1) is 10.1. The first-order valence-corrected chi connectivity index (χ1v) is 7.95. The van der Waals surface area contributed by atoms with Gasteiger partial charge >= 0.3 is 5.97 Å². The zero-order valence-electron chi connectivity index (χ0n) is 12.8. The summed E-state index contributed by atoms with van der Waals surface area (Å²) < 4.78 is 5.47. The van der Waals surface area contributed by atoms with Crippen molar-refractivity contribution in [1.82, 2.24) is 10.2 Å². The second-order valence-corrected chi connectivity index (χ2v) is 6.05. The lowest BCUT2D eigenvalue weighted by atomic mass is 9.90. The summed E-state index contributed by atoms with van der Waals surface area (Å²) in [6.07, 6.45) is 5.03. The Balaban J connectivity index is 1.87. The molecule has 2 saturated heterocycles. The van der Waals surface area contributed by atoms with E-state index in [1.807, 2.05) is 11.8 Å². The molecule has 0 bridgehead atoms. The fourth-order valence-corrected chi connectivity index (χ4v) is 3.47. The van der Waals surface area contributed by atoms with Crippen molar-refractivity contribution in [2.24, 2.45) is 0 Å². The molecule has 0 aromatic carbocycles. The third-order valence-electron chi connectivity index (χ3n) is 4.57. The van der Waals surface area contributed by atoms with Gasteiger partial charge in [0.15, 0.2) is 0 Å². The second kappa shape index (κ2) is 7.22. The molecule has 1 amide bonds. The van der Waals surface area contributed by atoms with Gasteiger partial charge in [-0.2, -0.15) is 0 Å². The van der Waals surface area contributed by atoms with Crippen molar-refractivity contribution < 1.29 is 19.4 Å². The quantitative estimate of drug-likeness (QED) is 0.733. The molecule has 0 aromatic heterocycles. The molecule has 2 aliphatic heterocycles. The van der Waals surface area contributed by atoms with Gasteiger partial charge in [-0.15, -0.1) is 0 Å². The molecule has 2 rings (SSSR count). The Labute approximate surface area is 125 Å². The molecule has 2 N–H and O–H groups in total. The topological polar surface area (TPSA) is 78.9 Å². The number of hydrogen-bond donors (Lipinski definition) is 2. The highest BCUT2D eigenvalue weighted by Crippen LogP contribution is 2.33. The van der Waals surface area contributed by atoms with Crippen molar-refractivity contribution in [1.29, 1.82) is 0 Å². The third-order valence-corrected chi connectivity index (χ3v) is 4.57. The van der Waals surface area contributed by atoms with Gasteiger partial charge in [0.25, 0.3) is 0 Å². The Bertz CT molecular complexity index is 382. The van der Waals surface area contributed by atoms with Crippen LogP contribution in [0.3, 0.4) is 0 Å². The number of ether oxygens (including phenoxy) is 1. The van der Waals surface area contributed by atoms with Crippen LogP contribution >= 0.6 is 0 Å². The molecular formula is C15H26N2O4. The van der Waals surface area contributed by atoms with Gasteiger partial charge in [0.1, 0.15) is 5.54 Å². The molecule has 6 nitrogen and oxygen atoms in total. The molecule has 0 aliphatic carbocycles. The maximum absolute atomic E-state index is 12.1. The number of rotatable bonds is 7. The minimum atomic E-state index is -0.851. The Morgan fingerprint density at radius 3 is 2.86 bits per heavy atom. The van der Waals surface area contributed by atoms with Gasteiger partial charge < -0.3 is 15.2 Å². The number of nitrogens with one attached hydrogen (secondary N) is 1. The lowest BCUT2D eigenvalue weighted by Crippen LogP contribution is -2.53. The van der Waals surface area contributed by atoms with Gasteiger partial charge in [0.2, 0.25) is 5.91 Å². The molecule has 2 atom stereocenters. The number of carbonyl (C=O) groups excluding carboxylic acids is 1. The summed E-state index contributed by atoms with van der Waals surface area (Å²) in [5, 5.41) is 12.5. The van der Waals surface area contributed by atoms with E-state index in [2.05, 4.69) is 5.32 Å². The number of carbonyl (C=O) groups is 2. The lowest BCUT2D eigenvalue weighted by Gasteiger charge is -2.34. The van der Waals surface area contributed by atoms with E-state index in [1.165, 1.54) is 0 Å². The van der Waals surface area contributed by atoms with Gasteiger partial charge in [0, 0.05) is 13.2 Å². The van der Waals surface area contributed by atoms with Gasteiger partial charge in [-0.1, -0.05) is 13.3 Å². The minimum absolute atomic E-state index is 0.103. The van der Waals surface area contributed by atoms with Crippen LogP contribution in [-0.4, -0.2) is 59.8 Å². The number of carboxylic acids is 1. The van der Waals surface area contributed by atoms with Crippen LogP contribution in [0.1, 0.15) is 45.4 Å². The first-order valence-electron chi connectivity index (χ1n) is 7.95. The van der Waals surface area contributed by atoms with Crippen molar-refractivity contribution in [3.05, 3.63) is 0 Å².